The number of carbonyl (C=O) groups is 2. The van der Waals surface area contributed by atoms with Crippen LogP contribution in [0, 0.1) is 0 Å². The number of carbonyl (C=O) groups excluding carboxylic acids is 2. The van der Waals surface area contributed by atoms with Crippen molar-refractivity contribution in [2.75, 3.05) is 10.6 Å². The molecule has 0 radical (unpaired) electrons. The van der Waals surface area contributed by atoms with Gasteiger partial charge >= 0.3 is 12.2 Å². The molecule has 3 aromatic carbocycles. The smallest absolute Gasteiger partial charge is 0.366 e. The van der Waals surface area contributed by atoms with E-state index in [2.05, 4.69) is 10.6 Å². The zero-order valence-electron chi connectivity index (χ0n) is 16.7. The van der Waals surface area contributed by atoms with Crippen molar-refractivity contribution in [3.05, 3.63) is 95.1 Å². The van der Waals surface area contributed by atoms with Crippen molar-refractivity contribution in [1.82, 2.24) is 0 Å². The van der Waals surface area contributed by atoms with E-state index in [4.69, 9.17) is 5.73 Å². The minimum atomic E-state index is -4.51. The normalized spacial score (nSPS) is 13.0. The molecule has 0 atom stereocenters. The number of anilines is 2. The summed E-state index contributed by atoms with van der Waals surface area (Å²) >= 11 is 0. The molecule has 0 fully saturated rings. The molecular weight excluding hydrogens is 419 g/mol. The summed E-state index contributed by atoms with van der Waals surface area (Å²) in [4.78, 5) is 24.5. The lowest BCUT2D eigenvalue weighted by Gasteiger charge is -2.12. The first-order chi connectivity index (χ1) is 15.2. The van der Waals surface area contributed by atoms with Crippen LogP contribution in [0.25, 0.3) is 11.1 Å². The maximum absolute atomic E-state index is 12.9. The van der Waals surface area contributed by atoms with Gasteiger partial charge in [0.25, 0.3) is 0 Å². The van der Waals surface area contributed by atoms with Crippen LogP contribution in [0.1, 0.15) is 22.3 Å². The van der Waals surface area contributed by atoms with Crippen LogP contribution in [-0.2, 0) is 17.4 Å². The topological polar surface area (TPSA) is 84.2 Å². The van der Waals surface area contributed by atoms with E-state index in [-0.39, 0.29) is 5.69 Å². The Kier molecular flexibility index (Phi) is 5.44. The zero-order valence-corrected chi connectivity index (χ0v) is 16.7. The van der Waals surface area contributed by atoms with E-state index in [1.807, 2.05) is 24.3 Å². The highest BCUT2D eigenvalue weighted by Gasteiger charge is 2.30. The Labute approximate surface area is 181 Å². The van der Waals surface area contributed by atoms with Gasteiger partial charge in [-0.25, -0.2) is 4.79 Å². The Morgan fingerprint density at radius 2 is 1.50 bits per heavy atom. The summed E-state index contributed by atoms with van der Waals surface area (Å²) < 4.78 is 38.6. The summed E-state index contributed by atoms with van der Waals surface area (Å²) in [7, 11) is 0. The van der Waals surface area contributed by atoms with Gasteiger partial charge in [0, 0.05) is 11.4 Å². The van der Waals surface area contributed by atoms with Crippen molar-refractivity contribution in [2.24, 2.45) is 5.73 Å². The summed E-state index contributed by atoms with van der Waals surface area (Å²) in [6.07, 6.45) is -3.98. The van der Waals surface area contributed by atoms with Crippen LogP contribution >= 0.6 is 0 Å². The Morgan fingerprint density at radius 3 is 2.19 bits per heavy atom. The molecule has 4 rings (SSSR count). The van der Waals surface area contributed by atoms with Gasteiger partial charge in [-0.1, -0.05) is 42.5 Å². The van der Waals surface area contributed by atoms with Gasteiger partial charge in [-0.2, -0.15) is 13.2 Å². The third kappa shape index (κ3) is 4.34. The van der Waals surface area contributed by atoms with Crippen LogP contribution in [0.15, 0.2) is 72.8 Å². The average Bonchev–Trinajstić information content (AvgIpc) is 3.13. The van der Waals surface area contributed by atoms with Crippen molar-refractivity contribution in [3.8, 4) is 0 Å². The number of benzene rings is 3. The van der Waals surface area contributed by atoms with E-state index >= 15 is 0 Å². The first-order valence-corrected chi connectivity index (χ1v) is 9.69. The van der Waals surface area contributed by atoms with Crippen molar-refractivity contribution < 1.29 is 22.8 Å². The molecule has 8 heteroatoms. The first-order valence-electron chi connectivity index (χ1n) is 9.69. The second kappa shape index (κ2) is 8.22. The fourth-order valence-corrected chi connectivity index (χ4v) is 3.74. The quantitative estimate of drug-likeness (QED) is 0.517. The van der Waals surface area contributed by atoms with E-state index in [1.165, 1.54) is 12.1 Å². The molecule has 0 bridgehead atoms. The molecular formula is C24H18F3N3O2. The fraction of sp³-hybridized carbons (Fsp3) is 0.0833. The number of allylic oxidation sites excluding steroid dienone is 1. The van der Waals surface area contributed by atoms with Gasteiger partial charge in [-0.3, -0.25) is 4.79 Å². The van der Waals surface area contributed by atoms with E-state index in [0.29, 0.717) is 23.2 Å². The van der Waals surface area contributed by atoms with Crippen LogP contribution in [-0.4, -0.2) is 11.9 Å². The molecule has 0 aromatic heterocycles. The number of hydrogen-bond donors (Lipinski definition) is 3. The van der Waals surface area contributed by atoms with Gasteiger partial charge in [0.1, 0.15) is 0 Å². The third-order valence-electron chi connectivity index (χ3n) is 5.12. The number of urea groups is 1. The molecule has 0 heterocycles. The number of rotatable bonds is 4. The highest BCUT2D eigenvalue weighted by molar-refractivity contribution is 6.28. The van der Waals surface area contributed by atoms with Crippen molar-refractivity contribution in [1.29, 1.82) is 0 Å². The van der Waals surface area contributed by atoms with E-state index < -0.39 is 23.7 Å². The number of nitrogens with two attached hydrogens (primary N) is 1. The third-order valence-corrected chi connectivity index (χ3v) is 5.12. The lowest BCUT2D eigenvalue weighted by atomic mass is 9.99. The summed E-state index contributed by atoms with van der Waals surface area (Å²) in [6, 6.07) is 18.0. The number of alkyl halides is 3. The molecule has 0 saturated heterocycles. The van der Waals surface area contributed by atoms with Gasteiger partial charge in [0.15, 0.2) is 0 Å². The molecule has 3 amide bonds. The maximum Gasteiger partial charge on any atom is 0.416 e. The van der Waals surface area contributed by atoms with Gasteiger partial charge in [-0.05, 0) is 59.0 Å². The van der Waals surface area contributed by atoms with E-state index in [9.17, 15) is 22.8 Å². The van der Waals surface area contributed by atoms with Gasteiger partial charge in [0.05, 0.1) is 11.1 Å². The first kappa shape index (κ1) is 21.2. The minimum absolute atomic E-state index is 0.0124. The minimum Gasteiger partial charge on any atom is -0.366 e. The predicted molar refractivity (Wildman–Crippen MR) is 117 cm³/mol. The molecule has 0 saturated carbocycles. The van der Waals surface area contributed by atoms with Gasteiger partial charge in [0.2, 0.25) is 5.91 Å². The molecule has 0 aliphatic heterocycles. The number of amides is 3. The van der Waals surface area contributed by atoms with E-state index in [1.54, 1.807) is 24.3 Å². The molecule has 162 valence electrons. The highest BCUT2D eigenvalue weighted by Crippen LogP contribution is 2.38. The van der Waals surface area contributed by atoms with Gasteiger partial charge in [-0.15, -0.1) is 0 Å². The van der Waals surface area contributed by atoms with Crippen LogP contribution in [0.2, 0.25) is 0 Å². The molecule has 1 aliphatic rings. The number of halogens is 3. The number of nitrogens with one attached hydrogen (secondary N) is 2. The Bertz CT molecular complexity index is 1250. The molecule has 32 heavy (non-hydrogen) atoms. The number of fused-ring (bicyclic) bond motifs is 1. The number of primary amides is 1. The predicted octanol–water partition coefficient (Wildman–Crippen LogP) is 5.30. The molecule has 5 nitrogen and oxygen atoms in total. The molecule has 1 aliphatic carbocycles. The monoisotopic (exact) mass is 437 g/mol. The summed E-state index contributed by atoms with van der Waals surface area (Å²) in [6.45, 7) is 0. The van der Waals surface area contributed by atoms with Crippen molar-refractivity contribution in [2.45, 2.75) is 12.6 Å². The lowest BCUT2D eigenvalue weighted by molar-refractivity contribution is -0.137. The summed E-state index contributed by atoms with van der Waals surface area (Å²) in [5, 5.41) is 5.00. The second-order valence-electron chi connectivity index (χ2n) is 7.29. The van der Waals surface area contributed by atoms with Crippen LogP contribution in [0.3, 0.4) is 0 Å². The largest absolute Gasteiger partial charge is 0.416 e. The number of hydrogen-bond acceptors (Lipinski definition) is 2. The van der Waals surface area contributed by atoms with Crippen LogP contribution in [0.5, 0.6) is 0 Å². The molecule has 3 aromatic rings. The Balaban J connectivity index is 1.55. The maximum atomic E-state index is 12.9. The second-order valence-corrected chi connectivity index (χ2v) is 7.29. The van der Waals surface area contributed by atoms with Crippen molar-refractivity contribution >= 4 is 34.5 Å². The zero-order chi connectivity index (χ0) is 22.9. The Hall–Kier alpha value is -4.07. The Morgan fingerprint density at radius 1 is 0.844 bits per heavy atom. The standard InChI is InChI=1S/C24H18F3N3O2/c25-24(26,27)16-7-4-9-18(13-16)30-23(32)29-17-8-3-6-14(11-17)20-12-15-5-1-2-10-19(15)21(20)22(28)31/h1-11,13H,12H2,(H2,28,31)(H2,29,30,32). The van der Waals surface area contributed by atoms with Crippen molar-refractivity contribution in [3.63, 3.8) is 0 Å². The highest BCUT2D eigenvalue weighted by atomic mass is 19.4. The lowest BCUT2D eigenvalue weighted by Crippen LogP contribution is -2.20. The fourth-order valence-electron chi connectivity index (χ4n) is 3.74. The van der Waals surface area contributed by atoms with Gasteiger partial charge < -0.3 is 16.4 Å². The molecule has 0 spiro atoms. The van der Waals surface area contributed by atoms with Crippen LogP contribution in [0.4, 0.5) is 29.3 Å². The molecule has 0 unspecified atom stereocenters. The SMILES string of the molecule is NC(=O)C1=C(c2cccc(NC(=O)Nc3cccc(C(F)(F)F)c3)c2)Cc2ccccc21. The average molecular weight is 437 g/mol. The van der Waals surface area contributed by atoms with E-state index in [0.717, 1.165) is 28.8 Å². The summed E-state index contributed by atoms with van der Waals surface area (Å²) in [5.41, 5.74) is 8.87. The van der Waals surface area contributed by atoms with Crippen LogP contribution < -0.4 is 16.4 Å². The molecule has 4 N–H and O–H groups in total. The summed E-state index contributed by atoms with van der Waals surface area (Å²) in [5.74, 6) is -0.536.